The topological polar surface area (TPSA) is 125 Å². The number of thioether (sulfide) groups is 1. The molecule has 8 nitrogen and oxygen atoms in total. The van der Waals surface area contributed by atoms with E-state index in [0.717, 1.165) is 4.90 Å². The molecule has 11 heteroatoms. The van der Waals surface area contributed by atoms with E-state index in [2.05, 4.69) is 16.0 Å². The van der Waals surface area contributed by atoms with Gasteiger partial charge in [0, 0.05) is 16.1 Å². The van der Waals surface area contributed by atoms with Crippen molar-refractivity contribution in [3.05, 3.63) is 130 Å². The van der Waals surface area contributed by atoms with E-state index in [1.54, 1.807) is 61.5 Å². The van der Waals surface area contributed by atoms with Crippen LogP contribution in [0.2, 0.25) is 5.02 Å². The first-order valence-corrected chi connectivity index (χ1v) is 14.1. The molecule has 218 valence electrons. The smallest absolute Gasteiger partial charge is 0.335 e. The van der Waals surface area contributed by atoms with E-state index in [1.807, 2.05) is 0 Å². The van der Waals surface area contributed by atoms with Gasteiger partial charge in [-0.05, 0) is 85.3 Å². The molecule has 0 aliphatic carbocycles. The summed E-state index contributed by atoms with van der Waals surface area (Å²) in [5.41, 5.74) is 1.44. The quantitative estimate of drug-likeness (QED) is 0.116. The summed E-state index contributed by atoms with van der Waals surface area (Å²) < 4.78 is 13.4. The summed E-state index contributed by atoms with van der Waals surface area (Å²) in [7, 11) is 0. The predicted molar refractivity (Wildman–Crippen MR) is 166 cm³/mol. The molecule has 4 aromatic carbocycles. The van der Waals surface area contributed by atoms with Crippen LogP contribution in [-0.2, 0) is 9.59 Å². The standard InChI is InChI=1S/C32H25ClFN3O5S/c1-19(29(38)36-27-18-22(32(41)42)9-16-26(27)33)43-25-14-12-24(13-15-25)35-31(40)28(17-20-7-10-23(34)11-8-20)37-30(39)21-5-3-2-4-6-21/h2-19H,1H3,(H,35,40)(H,36,38)(H,37,39)(H,41,42)/b28-17-. The average molecular weight is 618 g/mol. The third-order valence-corrected chi connectivity index (χ3v) is 7.42. The zero-order valence-electron chi connectivity index (χ0n) is 22.6. The van der Waals surface area contributed by atoms with E-state index in [4.69, 9.17) is 11.6 Å². The number of aromatic carboxylic acids is 1. The molecule has 4 rings (SSSR count). The maximum absolute atomic E-state index is 13.4. The number of benzene rings is 4. The van der Waals surface area contributed by atoms with Gasteiger partial charge in [-0.3, -0.25) is 14.4 Å². The van der Waals surface area contributed by atoms with Crippen molar-refractivity contribution in [3.63, 3.8) is 0 Å². The van der Waals surface area contributed by atoms with E-state index in [-0.39, 0.29) is 27.9 Å². The summed E-state index contributed by atoms with van der Waals surface area (Å²) in [5, 5.41) is 16.8. The molecule has 0 aliphatic rings. The Hall–Kier alpha value is -4.93. The molecule has 1 unspecified atom stereocenters. The highest BCUT2D eigenvalue weighted by Gasteiger charge is 2.18. The number of carboxylic acids is 1. The first-order chi connectivity index (χ1) is 20.6. The Morgan fingerprint density at radius 3 is 2.19 bits per heavy atom. The van der Waals surface area contributed by atoms with Crippen molar-refractivity contribution in [2.45, 2.75) is 17.1 Å². The first-order valence-electron chi connectivity index (χ1n) is 12.8. The minimum atomic E-state index is -1.14. The molecule has 0 bridgehead atoms. The molecule has 0 radical (unpaired) electrons. The number of halogens is 2. The minimum Gasteiger partial charge on any atom is -0.478 e. The fourth-order valence-corrected chi connectivity index (χ4v) is 4.76. The van der Waals surface area contributed by atoms with Crippen LogP contribution >= 0.6 is 23.4 Å². The van der Waals surface area contributed by atoms with Crippen molar-refractivity contribution in [3.8, 4) is 0 Å². The number of hydrogen-bond donors (Lipinski definition) is 4. The molecule has 1 atom stereocenters. The van der Waals surface area contributed by atoms with Crippen molar-refractivity contribution in [2.75, 3.05) is 10.6 Å². The van der Waals surface area contributed by atoms with Crippen molar-refractivity contribution < 1.29 is 28.7 Å². The van der Waals surface area contributed by atoms with Crippen molar-refractivity contribution >= 4 is 64.5 Å². The summed E-state index contributed by atoms with van der Waals surface area (Å²) in [6.07, 6.45) is 1.44. The maximum Gasteiger partial charge on any atom is 0.335 e. The molecule has 0 aliphatic heterocycles. The van der Waals surface area contributed by atoms with E-state index in [9.17, 15) is 28.7 Å². The van der Waals surface area contributed by atoms with Gasteiger partial charge in [-0.2, -0.15) is 0 Å². The number of amides is 3. The fraction of sp³-hybridized carbons (Fsp3) is 0.0625. The number of nitrogens with one attached hydrogen (secondary N) is 3. The van der Waals surface area contributed by atoms with Gasteiger partial charge in [0.15, 0.2) is 0 Å². The zero-order valence-corrected chi connectivity index (χ0v) is 24.2. The molecule has 0 spiro atoms. The molecule has 4 aromatic rings. The first kappa shape index (κ1) is 31.0. The monoisotopic (exact) mass is 617 g/mol. The lowest BCUT2D eigenvalue weighted by Gasteiger charge is -2.14. The summed E-state index contributed by atoms with van der Waals surface area (Å²) in [6.45, 7) is 1.69. The van der Waals surface area contributed by atoms with Gasteiger partial charge in [0.2, 0.25) is 5.91 Å². The summed E-state index contributed by atoms with van der Waals surface area (Å²) in [6, 6.07) is 24.6. The maximum atomic E-state index is 13.4. The van der Waals surface area contributed by atoms with Crippen LogP contribution in [-0.4, -0.2) is 34.0 Å². The third kappa shape index (κ3) is 8.78. The lowest BCUT2D eigenvalue weighted by molar-refractivity contribution is -0.115. The second-order valence-electron chi connectivity index (χ2n) is 9.16. The Bertz CT molecular complexity index is 1680. The van der Waals surface area contributed by atoms with E-state index in [0.29, 0.717) is 16.8 Å². The number of anilines is 2. The molecule has 43 heavy (non-hydrogen) atoms. The molecule has 0 saturated carbocycles. The van der Waals surface area contributed by atoms with Gasteiger partial charge in [0.25, 0.3) is 11.8 Å². The second-order valence-corrected chi connectivity index (χ2v) is 11.0. The Morgan fingerprint density at radius 2 is 1.53 bits per heavy atom. The van der Waals surface area contributed by atoms with Crippen LogP contribution in [0.15, 0.2) is 108 Å². The summed E-state index contributed by atoms with van der Waals surface area (Å²) in [4.78, 5) is 50.7. The van der Waals surface area contributed by atoms with Crippen LogP contribution < -0.4 is 16.0 Å². The minimum absolute atomic E-state index is 0.00654. The van der Waals surface area contributed by atoms with Crippen LogP contribution in [0, 0.1) is 5.82 Å². The van der Waals surface area contributed by atoms with Gasteiger partial charge in [0.1, 0.15) is 11.5 Å². The highest BCUT2D eigenvalue weighted by atomic mass is 35.5. The fourth-order valence-electron chi connectivity index (χ4n) is 3.73. The normalized spacial score (nSPS) is 11.7. The van der Waals surface area contributed by atoms with E-state index < -0.39 is 28.9 Å². The van der Waals surface area contributed by atoms with E-state index >= 15 is 0 Å². The van der Waals surface area contributed by atoms with Gasteiger partial charge in [-0.15, -0.1) is 11.8 Å². The molecule has 3 amide bonds. The van der Waals surface area contributed by atoms with Crippen LogP contribution in [0.1, 0.15) is 33.2 Å². The molecule has 4 N–H and O–H groups in total. The molecule has 0 saturated heterocycles. The Balaban J connectivity index is 1.43. The SMILES string of the molecule is CC(Sc1ccc(NC(=O)/C(=C/c2ccc(F)cc2)NC(=O)c2ccccc2)cc1)C(=O)Nc1cc(C(=O)O)ccc1Cl. The predicted octanol–water partition coefficient (Wildman–Crippen LogP) is 6.71. The lowest BCUT2D eigenvalue weighted by atomic mass is 10.1. The van der Waals surface area contributed by atoms with Crippen LogP contribution in [0.5, 0.6) is 0 Å². The van der Waals surface area contributed by atoms with Gasteiger partial charge in [-0.1, -0.05) is 41.9 Å². The number of carbonyl (C=O) groups excluding carboxylic acids is 3. The number of rotatable bonds is 10. The molecular weight excluding hydrogens is 593 g/mol. The largest absolute Gasteiger partial charge is 0.478 e. The number of hydrogen-bond acceptors (Lipinski definition) is 5. The van der Waals surface area contributed by atoms with Crippen molar-refractivity contribution in [1.29, 1.82) is 0 Å². The van der Waals surface area contributed by atoms with E-state index in [1.165, 1.54) is 60.3 Å². The van der Waals surface area contributed by atoms with Crippen molar-refractivity contribution in [2.24, 2.45) is 0 Å². The third-order valence-electron chi connectivity index (χ3n) is 5.98. The molecule has 0 heterocycles. The van der Waals surface area contributed by atoms with Gasteiger partial charge >= 0.3 is 5.97 Å². The van der Waals surface area contributed by atoms with Crippen molar-refractivity contribution in [1.82, 2.24) is 5.32 Å². The highest BCUT2D eigenvalue weighted by molar-refractivity contribution is 8.00. The summed E-state index contributed by atoms with van der Waals surface area (Å²) in [5.74, 6) is -3.03. The lowest BCUT2D eigenvalue weighted by Crippen LogP contribution is -2.30. The molecule has 0 fully saturated rings. The van der Waals surface area contributed by atoms with Crippen LogP contribution in [0.4, 0.5) is 15.8 Å². The van der Waals surface area contributed by atoms with Gasteiger partial charge in [0.05, 0.1) is 21.5 Å². The van der Waals surface area contributed by atoms with Crippen LogP contribution in [0.25, 0.3) is 6.08 Å². The Labute approximate surface area is 256 Å². The van der Waals surface area contributed by atoms with Gasteiger partial charge in [-0.25, -0.2) is 9.18 Å². The Kier molecular flexibility index (Phi) is 10.3. The summed E-state index contributed by atoms with van der Waals surface area (Å²) >= 11 is 7.36. The average Bonchev–Trinajstić information content (AvgIpc) is 3.00. The second kappa shape index (κ2) is 14.3. The number of carbonyl (C=O) groups is 4. The van der Waals surface area contributed by atoms with Crippen LogP contribution in [0.3, 0.4) is 0 Å². The highest BCUT2D eigenvalue weighted by Crippen LogP contribution is 2.28. The Morgan fingerprint density at radius 1 is 0.860 bits per heavy atom. The zero-order chi connectivity index (χ0) is 30.9. The molecular formula is C32H25ClFN3O5S. The molecule has 0 aromatic heterocycles. The van der Waals surface area contributed by atoms with Gasteiger partial charge < -0.3 is 21.1 Å². The number of carboxylic acid groups (broad SMARTS) is 1.